The molecule has 0 amide bonds. The molecule has 0 unspecified atom stereocenters. The van der Waals surface area contributed by atoms with Crippen molar-refractivity contribution in [1.82, 2.24) is 0 Å². The summed E-state index contributed by atoms with van der Waals surface area (Å²) in [6.45, 7) is 0.464. The van der Waals surface area contributed by atoms with Crippen LogP contribution < -0.4 is 21.1 Å². The molecular formula is C17H22F3N5O. The smallest absolute Gasteiger partial charge is 0.422 e. The highest BCUT2D eigenvalue weighted by atomic mass is 19.4. The Hall–Kier alpha value is -2.45. The number of aryl methyl sites for hydroxylation is 1. The fourth-order valence-electron chi connectivity index (χ4n) is 3.55. The number of halogens is 3. The van der Waals surface area contributed by atoms with E-state index in [-0.39, 0.29) is 17.7 Å². The molecule has 26 heavy (non-hydrogen) atoms. The third kappa shape index (κ3) is 3.71. The molecule has 1 spiro atoms. The summed E-state index contributed by atoms with van der Waals surface area (Å²) in [5, 5.41) is 0. The molecule has 6 nitrogen and oxygen atoms in total. The first kappa shape index (κ1) is 18.3. The summed E-state index contributed by atoms with van der Waals surface area (Å²) in [7, 11) is 0. The molecular weight excluding hydrogens is 347 g/mol. The Bertz CT molecular complexity index is 738. The lowest BCUT2D eigenvalue weighted by molar-refractivity contribution is -0.153. The standard InChI is InChI=1S/C17H22F3N5O/c1-11-5-6-13(26-10-17(18,19)20)12(9-11)25-15(22)23-14(21)24-16(25)7-3-2-4-8-16/h5-6,9H,2-4,7-8,10H2,1H3,(H4,21,22,23,24). The number of aliphatic imine (C=N–C) groups is 2. The van der Waals surface area contributed by atoms with Gasteiger partial charge in [-0.1, -0.05) is 12.5 Å². The summed E-state index contributed by atoms with van der Waals surface area (Å²) >= 11 is 0. The van der Waals surface area contributed by atoms with Gasteiger partial charge in [0.15, 0.2) is 6.61 Å². The second-order valence-electron chi connectivity index (χ2n) is 6.69. The zero-order chi connectivity index (χ0) is 18.9. The molecule has 1 fully saturated rings. The van der Waals surface area contributed by atoms with Gasteiger partial charge < -0.3 is 16.2 Å². The molecule has 0 atom stereocenters. The van der Waals surface area contributed by atoms with Crippen LogP contribution in [-0.2, 0) is 0 Å². The molecule has 4 N–H and O–H groups in total. The predicted molar refractivity (Wildman–Crippen MR) is 94.3 cm³/mol. The normalized spacial score (nSPS) is 19.9. The maximum absolute atomic E-state index is 12.6. The summed E-state index contributed by atoms with van der Waals surface area (Å²) in [6, 6.07) is 4.95. The van der Waals surface area contributed by atoms with Crippen LogP contribution in [0.4, 0.5) is 18.9 Å². The van der Waals surface area contributed by atoms with Gasteiger partial charge in [0, 0.05) is 0 Å². The molecule has 3 rings (SSSR count). The first-order valence-corrected chi connectivity index (χ1v) is 8.50. The SMILES string of the molecule is Cc1ccc(OCC(F)(F)F)c(N2C(N)=NC(N)=NC23CCCCC3)c1. The van der Waals surface area contributed by atoms with Crippen molar-refractivity contribution in [2.24, 2.45) is 21.5 Å². The number of alkyl halides is 3. The van der Waals surface area contributed by atoms with Gasteiger partial charge in [0.25, 0.3) is 0 Å². The molecule has 0 aromatic heterocycles. The van der Waals surface area contributed by atoms with Crippen molar-refractivity contribution in [2.75, 3.05) is 11.5 Å². The monoisotopic (exact) mass is 369 g/mol. The first-order valence-electron chi connectivity index (χ1n) is 8.50. The number of ether oxygens (including phenoxy) is 1. The van der Waals surface area contributed by atoms with Gasteiger partial charge in [-0.2, -0.15) is 18.2 Å². The van der Waals surface area contributed by atoms with E-state index < -0.39 is 18.4 Å². The number of anilines is 1. The molecule has 1 aliphatic heterocycles. The minimum Gasteiger partial charge on any atom is -0.482 e. The topological polar surface area (TPSA) is 89.2 Å². The maximum atomic E-state index is 12.6. The molecule has 0 saturated heterocycles. The summed E-state index contributed by atoms with van der Waals surface area (Å²) < 4.78 is 43.0. The van der Waals surface area contributed by atoms with E-state index in [1.165, 1.54) is 6.07 Å². The minimum atomic E-state index is -4.44. The summed E-state index contributed by atoms with van der Waals surface area (Å²) in [5.74, 6) is 0.291. The Morgan fingerprint density at radius 3 is 2.54 bits per heavy atom. The highest BCUT2D eigenvalue weighted by Crippen LogP contribution is 2.43. The summed E-state index contributed by atoms with van der Waals surface area (Å²) in [6.07, 6.45) is -0.147. The molecule has 9 heteroatoms. The van der Waals surface area contributed by atoms with Gasteiger partial charge in [0.05, 0.1) is 5.69 Å². The zero-order valence-corrected chi connectivity index (χ0v) is 14.5. The van der Waals surface area contributed by atoms with Crippen LogP contribution in [0.3, 0.4) is 0 Å². The van der Waals surface area contributed by atoms with E-state index in [1.54, 1.807) is 17.0 Å². The second-order valence-corrected chi connectivity index (χ2v) is 6.69. The number of hydrogen-bond donors (Lipinski definition) is 2. The number of rotatable bonds is 3. The fraction of sp³-hybridized carbons (Fsp3) is 0.529. The van der Waals surface area contributed by atoms with E-state index in [2.05, 4.69) is 9.98 Å². The van der Waals surface area contributed by atoms with Crippen LogP contribution in [0.2, 0.25) is 0 Å². The Kier molecular flexibility index (Phi) is 4.72. The predicted octanol–water partition coefficient (Wildman–Crippen LogP) is 3.05. The lowest BCUT2D eigenvalue weighted by Crippen LogP contribution is -2.58. The van der Waals surface area contributed by atoms with Crippen LogP contribution in [0.1, 0.15) is 37.7 Å². The van der Waals surface area contributed by atoms with Crippen molar-refractivity contribution in [1.29, 1.82) is 0 Å². The molecule has 1 heterocycles. The molecule has 1 saturated carbocycles. The minimum absolute atomic E-state index is 0.0889. The van der Waals surface area contributed by atoms with E-state index in [1.807, 2.05) is 6.92 Å². The van der Waals surface area contributed by atoms with Crippen molar-refractivity contribution in [3.05, 3.63) is 23.8 Å². The van der Waals surface area contributed by atoms with Crippen molar-refractivity contribution in [3.63, 3.8) is 0 Å². The first-order chi connectivity index (χ1) is 12.2. The molecule has 2 aliphatic rings. The molecule has 0 radical (unpaired) electrons. The summed E-state index contributed by atoms with van der Waals surface area (Å²) in [5.41, 5.74) is 12.5. The van der Waals surface area contributed by atoms with E-state index >= 15 is 0 Å². The quantitative estimate of drug-likeness (QED) is 0.857. The van der Waals surface area contributed by atoms with Gasteiger partial charge in [-0.25, -0.2) is 4.99 Å². The van der Waals surface area contributed by atoms with Crippen LogP contribution in [0.15, 0.2) is 28.2 Å². The molecule has 0 bridgehead atoms. The van der Waals surface area contributed by atoms with Gasteiger partial charge in [0.2, 0.25) is 11.9 Å². The highest BCUT2D eigenvalue weighted by molar-refractivity contribution is 6.06. The lowest BCUT2D eigenvalue weighted by atomic mass is 9.87. The van der Waals surface area contributed by atoms with Crippen LogP contribution in [0.25, 0.3) is 0 Å². The van der Waals surface area contributed by atoms with Crippen molar-refractivity contribution >= 4 is 17.6 Å². The number of nitrogens with two attached hydrogens (primary N) is 2. The molecule has 1 aliphatic carbocycles. The number of benzene rings is 1. The second kappa shape index (κ2) is 6.69. The largest absolute Gasteiger partial charge is 0.482 e. The van der Waals surface area contributed by atoms with E-state index in [0.29, 0.717) is 18.5 Å². The number of nitrogens with zero attached hydrogens (tertiary/aromatic N) is 3. The van der Waals surface area contributed by atoms with E-state index in [0.717, 1.165) is 24.8 Å². The summed E-state index contributed by atoms with van der Waals surface area (Å²) in [4.78, 5) is 10.3. The van der Waals surface area contributed by atoms with Gasteiger partial charge in [-0.3, -0.25) is 4.90 Å². The van der Waals surface area contributed by atoms with Crippen LogP contribution in [-0.4, -0.2) is 30.4 Å². The van der Waals surface area contributed by atoms with Crippen molar-refractivity contribution < 1.29 is 17.9 Å². The van der Waals surface area contributed by atoms with Crippen molar-refractivity contribution in [2.45, 2.75) is 50.9 Å². The lowest BCUT2D eigenvalue weighted by Gasteiger charge is -2.46. The van der Waals surface area contributed by atoms with Gasteiger partial charge >= 0.3 is 6.18 Å². The van der Waals surface area contributed by atoms with Crippen LogP contribution >= 0.6 is 0 Å². The van der Waals surface area contributed by atoms with Crippen molar-refractivity contribution in [3.8, 4) is 5.75 Å². The molecule has 1 aromatic carbocycles. The average molecular weight is 369 g/mol. The number of hydrogen-bond acceptors (Lipinski definition) is 6. The third-order valence-electron chi connectivity index (χ3n) is 4.60. The Morgan fingerprint density at radius 1 is 1.19 bits per heavy atom. The van der Waals surface area contributed by atoms with Gasteiger partial charge in [-0.15, -0.1) is 0 Å². The Balaban J connectivity index is 2.05. The van der Waals surface area contributed by atoms with Gasteiger partial charge in [0.1, 0.15) is 11.4 Å². The molecule has 142 valence electrons. The highest BCUT2D eigenvalue weighted by Gasteiger charge is 2.43. The zero-order valence-electron chi connectivity index (χ0n) is 14.5. The number of guanidine groups is 2. The van der Waals surface area contributed by atoms with Crippen LogP contribution in [0.5, 0.6) is 5.75 Å². The van der Waals surface area contributed by atoms with Gasteiger partial charge in [-0.05, 0) is 50.3 Å². The van der Waals surface area contributed by atoms with E-state index in [4.69, 9.17) is 16.2 Å². The van der Waals surface area contributed by atoms with E-state index in [9.17, 15) is 13.2 Å². The average Bonchev–Trinajstić information content (AvgIpc) is 2.53. The molecule has 1 aromatic rings. The maximum Gasteiger partial charge on any atom is 0.422 e. The Labute approximate surface area is 149 Å². The fourth-order valence-corrected chi connectivity index (χ4v) is 3.55. The Morgan fingerprint density at radius 2 is 1.88 bits per heavy atom. The third-order valence-corrected chi connectivity index (χ3v) is 4.60. The van der Waals surface area contributed by atoms with Crippen LogP contribution in [0, 0.1) is 6.92 Å².